The molecular formula is C23H27NO4S. The molecule has 2 aliphatic rings. The van der Waals surface area contributed by atoms with Crippen LogP contribution in [0.4, 0.5) is 0 Å². The monoisotopic (exact) mass is 413 g/mol. The van der Waals surface area contributed by atoms with Crippen LogP contribution >= 0.6 is 11.3 Å². The van der Waals surface area contributed by atoms with Crippen LogP contribution < -0.4 is 4.74 Å². The Bertz CT molecular complexity index is 914. The van der Waals surface area contributed by atoms with E-state index < -0.39 is 5.97 Å². The van der Waals surface area contributed by atoms with Gasteiger partial charge in [0.05, 0.1) is 7.11 Å². The topological polar surface area (TPSA) is 55.8 Å². The van der Waals surface area contributed by atoms with Crippen LogP contribution in [0.5, 0.6) is 5.75 Å². The maximum Gasteiger partial charge on any atom is 0.348 e. The molecule has 6 heteroatoms. The molecule has 0 saturated heterocycles. The second-order valence-corrected chi connectivity index (χ2v) is 8.91. The number of likely N-dealkylation sites (N-methyl/N-ethyl adjacent to an activating group) is 1. The zero-order chi connectivity index (χ0) is 20.4. The Hall–Kier alpha value is -2.34. The number of ether oxygens (including phenoxy) is 2. The Morgan fingerprint density at radius 2 is 1.86 bits per heavy atom. The highest BCUT2D eigenvalue weighted by Crippen LogP contribution is 2.41. The first-order valence-corrected chi connectivity index (χ1v) is 11.1. The number of esters is 1. The van der Waals surface area contributed by atoms with E-state index in [4.69, 9.17) is 9.47 Å². The van der Waals surface area contributed by atoms with Gasteiger partial charge in [0, 0.05) is 18.0 Å². The smallest absolute Gasteiger partial charge is 0.348 e. The Morgan fingerprint density at radius 1 is 1.10 bits per heavy atom. The van der Waals surface area contributed by atoms with Gasteiger partial charge in [-0.25, -0.2) is 4.79 Å². The van der Waals surface area contributed by atoms with E-state index in [1.54, 1.807) is 12.0 Å². The van der Waals surface area contributed by atoms with Crippen molar-refractivity contribution in [2.24, 2.45) is 0 Å². The van der Waals surface area contributed by atoms with E-state index in [0.29, 0.717) is 4.88 Å². The van der Waals surface area contributed by atoms with Gasteiger partial charge in [0.15, 0.2) is 6.61 Å². The molecule has 1 aromatic carbocycles. The Balaban J connectivity index is 1.41. The first-order chi connectivity index (χ1) is 14.1. The number of fused-ring (bicyclic) bond motifs is 3. The highest BCUT2D eigenvalue weighted by Gasteiger charge is 2.25. The van der Waals surface area contributed by atoms with E-state index >= 15 is 0 Å². The van der Waals surface area contributed by atoms with Crippen molar-refractivity contribution < 1.29 is 19.1 Å². The molecule has 2 aromatic rings. The lowest BCUT2D eigenvalue weighted by Crippen LogP contribution is -2.40. The summed E-state index contributed by atoms with van der Waals surface area (Å²) in [6, 6.07) is 8.27. The quantitative estimate of drug-likeness (QED) is 0.679. The SMILES string of the molecule is COc1ccc2c(c1)CCc1cc(C(=O)OCC(=O)N(C)C3CCCCC3)sc1-2. The number of carbonyl (C=O) groups is 2. The number of thiophene rings is 1. The van der Waals surface area contributed by atoms with Crippen molar-refractivity contribution >= 4 is 23.2 Å². The predicted molar refractivity (Wildman–Crippen MR) is 114 cm³/mol. The molecule has 0 atom stereocenters. The maximum atomic E-state index is 12.6. The zero-order valence-corrected chi connectivity index (χ0v) is 17.8. The Morgan fingerprint density at radius 3 is 2.62 bits per heavy atom. The zero-order valence-electron chi connectivity index (χ0n) is 17.0. The van der Waals surface area contributed by atoms with Crippen LogP contribution in [-0.2, 0) is 22.4 Å². The maximum absolute atomic E-state index is 12.6. The normalized spacial score (nSPS) is 15.9. The molecule has 1 saturated carbocycles. The van der Waals surface area contributed by atoms with Crippen molar-refractivity contribution in [3.05, 3.63) is 40.3 Å². The molecular weight excluding hydrogens is 386 g/mol. The standard InChI is InChI=1S/C23H27NO4S/c1-24(17-6-4-3-5-7-17)21(25)14-28-23(26)20-13-16-9-8-15-12-18(27-2)10-11-19(15)22(16)29-20/h10-13,17H,3-9,14H2,1-2H3. The van der Waals surface area contributed by atoms with Gasteiger partial charge in [0.2, 0.25) is 0 Å². The first kappa shape index (κ1) is 20.0. The van der Waals surface area contributed by atoms with Gasteiger partial charge in [0.1, 0.15) is 10.6 Å². The van der Waals surface area contributed by atoms with Gasteiger partial charge in [-0.1, -0.05) is 19.3 Å². The lowest BCUT2D eigenvalue weighted by molar-refractivity contribution is -0.135. The van der Waals surface area contributed by atoms with Crippen molar-refractivity contribution in [2.45, 2.75) is 51.0 Å². The molecule has 4 rings (SSSR count). The second-order valence-electron chi connectivity index (χ2n) is 7.86. The number of benzene rings is 1. The van der Waals surface area contributed by atoms with E-state index in [9.17, 15) is 9.59 Å². The molecule has 1 fully saturated rings. The molecule has 0 bridgehead atoms. The molecule has 1 amide bonds. The lowest BCUT2D eigenvalue weighted by atomic mass is 9.91. The highest BCUT2D eigenvalue weighted by molar-refractivity contribution is 7.17. The van der Waals surface area contributed by atoms with Gasteiger partial charge in [-0.05, 0) is 66.6 Å². The van der Waals surface area contributed by atoms with E-state index in [1.807, 2.05) is 19.2 Å². The third-order valence-corrected chi connectivity index (χ3v) is 7.26. The molecule has 0 spiro atoms. The Labute approximate surface area is 175 Å². The van der Waals surface area contributed by atoms with E-state index in [-0.39, 0.29) is 18.6 Å². The molecule has 1 heterocycles. The summed E-state index contributed by atoms with van der Waals surface area (Å²) < 4.78 is 10.7. The van der Waals surface area contributed by atoms with Gasteiger partial charge in [0.25, 0.3) is 5.91 Å². The van der Waals surface area contributed by atoms with Gasteiger partial charge < -0.3 is 14.4 Å². The van der Waals surface area contributed by atoms with Crippen molar-refractivity contribution in [1.82, 2.24) is 4.90 Å². The summed E-state index contributed by atoms with van der Waals surface area (Å²) in [4.78, 5) is 28.5. The van der Waals surface area contributed by atoms with Gasteiger partial charge in [-0.3, -0.25) is 4.79 Å². The number of hydrogen-bond acceptors (Lipinski definition) is 5. The fourth-order valence-electron chi connectivity index (χ4n) is 4.31. The largest absolute Gasteiger partial charge is 0.497 e. The van der Waals surface area contributed by atoms with Crippen molar-refractivity contribution in [3.63, 3.8) is 0 Å². The second kappa shape index (κ2) is 8.57. The molecule has 1 aromatic heterocycles. The predicted octanol–water partition coefficient (Wildman–Crippen LogP) is 4.47. The number of methoxy groups -OCH3 is 1. The number of hydrogen-bond donors (Lipinski definition) is 0. The number of nitrogens with zero attached hydrogens (tertiary/aromatic N) is 1. The molecule has 2 aliphatic carbocycles. The highest BCUT2D eigenvalue weighted by atomic mass is 32.1. The van der Waals surface area contributed by atoms with Crippen LogP contribution in [0.2, 0.25) is 0 Å². The van der Waals surface area contributed by atoms with Gasteiger partial charge in [-0.2, -0.15) is 0 Å². The molecule has 29 heavy (non-hydrogen) atoms. The van der Waals surface area contributed by atoms with Gasteiger partial charge >= 0.3 is 5.97 Å². The van der Waals surface area contributed by atoms with Crippen LogP contribution in [-0.4, -0.2) is 43.6 Å². The fraction of sp³-hybridized carbons (Fsp3) is 0.478. The Kier molecular flexibility index (Phi) is 5.90. The third kappa shape index (κ3) is 4.17. The minimum Gasteiger partial charge on any atom is -0.497 e. The number of aryl methyl sites for hydroxylation is 2. The summed E-state index contributed by atoms with van der Waals surface area (Å²) in [6.07, 6.45) is 7.47. The summed E-state index contributed by atoms with van der Waals surface area (Å²) >= 11 is 1.45. The van der Waals surface area contributed by atoms with Crippen LogP contribution in [0.15, 0.2) is 24.3 Å². The average Bonchev–Trinajstić information content (AvgIpc) is 3.21. The average molecular weight is 414 g/mol. The number of amides is 1. The third-order valence-electron chi connectivity index (χ3n) is 6.07. The molecule has 0 aliphatic heterocycles. The van der Waals surface area contributed by atoms with Crippen molar-refractivity contribution in [3.8, 4) is 16.2 Å². The molecule has 5 nitrogen and oxygen atoms in total. The fourth-order valence-corrected chi connectivity index (χ4v) is 5.47. The van der Waals surface area contributed by atoms with E-state index in [2.05, 4.69) is 12.1 Å². The lowest BCUT2D eigenvalue weighted by Gasteiger charge is -2.31. The summed E-state index contributed by atoms with van der Waals surface area (Å²) in [6.45, 7) is -0.192. The number of rotatable bonds is 5. The first-order valence-electron chi connectivity index (χ1n) is 10.3. The summed E-state index contributed by atoms with van der Waals surface area (Å²) in [7, 11) is 3.49. The van der Waals surface area contributed by atoms with Gasteiger partial charge in [-0.15, -0.1) is 11.3 Å². The molecule has 0 radical (unpaired) electrons. The summed E-state index contributed by atoms with van der Waals surface area (Å²) in [5, 5.41) is 0. The van der Waals surface area contributed by atoms with Crippen molar-refractivity contribution in [1.29, 1.82) is 0 Å². The summed E-state index contributed by atoms with van der Waals surface area (Å²) in [5.74, 6) is 0.317. The number of carbonyl (C=O) groups excluding carboxylic acids is 2. The minimum absolute atomic E-state index is 0.121. The van der Waals surface area contributed by atoms with Crippen LogP contribution in [0.25, 0.3) is 10.4 Å². The van der Waals surface area contributed by atoms with Crippen LogP contribution in [0.1, 0.15) is 52.9 Å². The van der Waals surface area contributed by atoms with Crippen molar-refractivity contribution in [2.75, 3.05) is 20.8 Å². The molecule has 0 unspecified atom stereocenters. The molecule has 154 valence electrons. The summed E-state index contributed by atoms with van der Waals surface area (Å²) in [5.41, 5.74) is 3.57. The van der Waals surface area contributed by atoms with E-state index in [0.717, 1.165) is 54.7 Å². The van der Waals surface area contributed by atoms with Crippen LogP contribution in [0, 0.1) is 0 Å². The van der Waals surface area contributed by atoms with Crippen LogP contribution in [0.3, 0.4) is 0 Å². The van der Waals surface area contributed by atoms with E-state index in [1.165, 1.54) is 28.9 Å². The molecule has 0 N–H and O–H groups in total. The minimum atomic E-state index is -0.412.